The van der Waals surface area contributed by atoms with E-state index in [9.17, 15) is 0 Å². The summed E-state index contributed by atoms with van der Waals surface area (Å²) in [5, 5.41) is 0. The molecule has 0 fully saturated rings. The summed E-state index contributed by atoms with van der Waals surface area (Å²) in [6.45, 7) is 24.0. The highest BCUT2D eigenvalue weighted by Crippen LogP contribution is 2.29. The average molecular weight is 698 g/mol. The van der Waals surface area contributed by atoms with Gasteiger partial charge in [-0.1, -0.05) is 218 Å². The lowest BCUT2D eigenvalue weighted by molar-refractivity contribution is 0.382. The first-order valence-corrected chi connectivity index (χ1v) is 22.9. The van der Waals surface area contributed by atoms with Crippen LogP contribution in [0.1, 0.15) is 240 Å². The number of hydrogen-bond donors (Lipinski definition) is 0. The van der Waals surface area contributed by atoms with Gasteiger partial charge in [0.25, 0.3) is 0 Å². The molecule has 0 aliphatic heterocycles. The molecule has 0 saturated heterocycles. The van der Waals surface area contributed by atoms with Crippen molar-refractivity contribution in [3.05, 3.63) is 36.5 Å². The molecule has 0 aromatic carbocycles. The van der Waals surface area contributed by atoms with E-state index in [0.29, 0.717) is 0 Å². The van der Waals surface area contributed by atoms with Crippen LogP contribution in [-0.4, -0.2) is 25.5 Å². The van der Waals surface area contributed by atoms with E-state index in [2.05, 4.69) is 66.4 Å². The van der Waals surface area contributed by atoms with Crippen LogP contribution in [0.5, 0.6) is 0 Å². The normalized spacial score (nSPS) is 11.9. The third-order valence-electron chi connectivity index (χ3n) is 11.5. The molecular formula is C49H95N. The minimum Gasteiger partial charge on any atom is -0.309 e. The highest BCUT2D eigenvalue weighted by Gasteiger charge is 2.13. The summed E-state index contributed by atoms with van der Waals surface area (Å²) in [7, 11) is 4.38. The first-order chi connectivity index (χ1) is 24.2. The summed E-state index contributed by atoms with van der Waals surface area (Å²) < 4.78 is 0. The second-order valence-electron chi connectivity index (χ2n) is 17.3. The van der Waals surface area contributed by atoms with Gasteiger partial charge in [0.1, 0.15) is 0 Å². The Bertz CT molecular complexity index is 695. The molecule has 0 radical (unpaired) electrons. The molecule has 0 heterocycles. The van der Waals surface area contributed by atoms with Crippen LogP contribution in [0.25, 0.3) is 0 Å². The maximum Gasteiger partial charge on any atom is -0.00218 e. The maximum absolute atomic E-state index is 4.54. The average Bonchev–Trinajstić information content (AvgIpc) is 3.08. The molecule has 1 nitrogen and oxygen atoms in total. The molecule has 0 aromatic rings. The van der Waals surface area contributed by atoms with E-state index < -0.39 is 0 Å². The summed E-state index contributed by atoms with van der Waals surface area (Å²) in [6.07, 6.45) is 45.1. The summed E-state index contributed by atoms with van der Waals surface area (Å²) in [4.78, 5) is 2.31. The van der Waals surface area contributed by atoms with Crippen molar-refractivity contribution in [3.8, 4) is 0 Å². The highest BCUT2D eigenvalue weighted by molar-refractivity contribution is 4.97. The quantitative estimate of drug-likeness (QED) is 0.0455. The standard InChI is InChI=1S/C49H95N/c1-10-14-34-47(35-15-11-2)41-44(5)31-26-22-18-20-24-28-38-49(43-46(7)33-30-40-50(8)9)39-29-25-21-19-23-27-32-45(6)42-48(36-16-12-3)37-17-13-4/h47-49H,5-7,10-43H2,1-4,8-9H3. The van der Waals surface area contributed by atoms with Crippen molar-refractivity contribution in [2.75, 3.05) is 20.6 Å². The number of hydrogen-bond acceptors (Lipinski definition) is 1. The van der Waals surface area contributed by atoms with Crippen LogP contribution in [0.4, 0.5) is 0 Å². The molecule has 0 bridgehead atoms. The Morgan fingerprint density at radius 2 is 0.620 bits per heavy atom. The second-order valence-corrected chi connectivity index (χ2v) is 17.3. The van der Waals surface area contributed by atoms with Gasteiger partial charge in [-0.05, 0) is 96.2 Å². The highest BCUT2D eigenvalue weighted by atomic mass is 15.0. The zero-order valence-electron chi connectivity index (χ0n) is 35.8. The minimum atomic E-state index is 0.857. The SMILES string of the molecule is C=C(CCCCCCCCC(CCCCCCCCC(=C)CC(CCCC)CCCC)CC(=C)CCCN(C)C)CC(CCCC)CCCC. The van der Waals surface area contributed by atoms with Crippen LogP contribution in [0.2, 0.25) is 0 Å². The fourth-order valence-corrected chi connectivity index (χ4v) is 8.22. The third-order valence-corrected chi connectivity index (χ3v) is 11.5. The zero-order valence-corrected chi connectivity index (χ0v) is 35.8. The van der Waals surface area contributed by atoms with Crippen LogP contribution in [0.3, 0.4) is 0 Å². The van der Waals surface area contributed by atoms with Gasteiger partial charge in [-0.25, -0.2) is 0 Å². The number of allylic oxidation sites excluding steroid dienone is 3. The fourth-order valence-electron chi connectivity index (χ4n) is 8.22. The maximum atomic E-state index is 4.54. The predicted octanol–water partition coefficient (Wildman–Crippen LogP) is 17.0. The van der Waals surface area contributed by atoms with Crippen molar-refractivity contribution in [2.45, 2.75) is 240 Å². The van der Waals surface area contributed by atoms with Gasteiger partial charge < -0.3 is 4.90 Å². The van der Waals surface area contributed by atoms with Crippen molar-refractivity contribution >= 4 is 0 Å². The molecule has 0 saturated carbocycles. The van der Waals surface area contributed by atoms with Gasteiger partial charge >= 0.3 is 0 Å². The first kappa shape index (κ1) is 49.2. The Morgan fingerprint density at radius 1 is 0.360 bits per heavy atom. The van der Waals surface area contributed by atoms with Gasteiger partial charge in [0.05, 0.1) is 0 Å². The van der Waals surface area contributed by atoms with E-state index in [1.165, 1.54) is 235 Å². The Morgan fingerprint density at radius 3 is 0.920 bits per heavy atom. The lowest BCUT2D eigenvalue weighted by atomic mass is 9.87. The summed E-state index contributed by atoms with van der Waals surface area (Å²) in [5.74, 6) is 2.64. The van der Waals surface area contributed by atoms with E-state index in [-0.39, 0.29) is 0 Å². The van der Waals surface area contributed by atoms with Gasteiger partial charge in [0.2, 0.25) is 0 Å². The van der Waals surface area contributed by atoms with Crippen LogP contribution in [-0.2, 0) is 0 Å². The molecule has 0 unspecified atom stereocenters. The van der Waals surface area contributed by atoms with Gasteiger partial charge in [0.15, 0.2) is 0 Å². The van der Waals surface area contributed by atoms with Crippen molar-refractivity contribution in [2.24, 2.45) is 17.8 Å². The molecule has 0 aliphatic carbocycles. The van der Waals surface area contributed by atoms with Gasteiger partial charge in [-0.3, -0.25) is 0 Å². The van der Waals surface area contributed by atoms with Crippen molar-refractivity contribution in [1.82, 2.24) is 4.90 Å². The van der Waals surface area contributed by atoms with Crippen molar-refractivity contribution in [1.29, 1.82) is 0 Å². The zero-order chi connectivity index (χ0) is 37.1. The topological polar surface area (TPSA) is 3.24 Å². The predicted molar refractivity (Wildman–Crippen MR) is 232 cm³/mol. The van der Waals surface area contributed by atoms with Crippen LogP contribution >= 0.6 is 0 Å². The lowest BCUT2D eigenvalue weighted by Gasteiger charge is -2.19. The Hall–Kier alpha value is -0.820. The molecule has 296 valence electrons. The van der Waals surface area contributed by atoms with E-state index >= 15 is 0 Å². The smallest absolute Gasteiger partial charge is 0.00218 e. The molecule has 0 amide bonds. The molecular weight excluding hydrogens is 603 g/mol. The van der Waals surface area contributed by atoms with Gasteiger partial charge in [0, 0.05) is 0 Å². The number of nitrogens with zero attached hydrogens (tertiary/aromatic N) is 1. The summed E-state index contributed by atoms with van der Waals surface area (Å²) >= 11 is 0. The largest absolute Gasteiger partial charge is 0.309 e. The molecule has 0 aromatic heterocycles. The Kier molecular flexibility index (Phi) is 35.9. The third kappa shape index (κ3) is 33.0. The molecule has 0 N–H and O–H groups in total. The minimum absolute atomic E-state index is 0.857. The van der Waals surface area contributed by atoms with E-state index in [1.54, 1.807) is 0 Å². The Balaban J connectivity index is 4.32. The monoisotopic (exact) mass is 698 g/mol. The van der Waals surface area contributed by atoms with Crippen molar-refractivity contribution in [3.63, 3.8) is 0 Å². The molecule has 50 heavy (non-hydrogen) atoms. The Labute approximate surface area is 318 Å². The second kappa shape index (κ2) is 36.5. The molecule has 0 rings (SSSR count). The van der Waals surface area contributed by atoms with E-state index in [0.717, 1.165) is 17.8 Å². The first-order valence-electron chi connectivity index (χ1n) is 22.9. The molecule has 0 atom stereocenters. The van der Waals surface area contributed by atoms with E-state index in [4.69, 9.17) is 0 Å². The summed E-state index contributed by atoms with van der Waals surface area (Å²) in [5.41, 5.74) is 4.58. The molecule has 0 spiro atoms. The van der Waals surface area contributed by atoms with Crippen LogP contribution in [0.15, 0.2) is 36.5 Å². The van der Waals surface area contributed by atoms with Gasteiger partial charge in [-0.2, -0.15) is 0 Å². The van der Waals surface area contributed by atoms with Crippen LogP contribution in [0, 0.1) is 17.8 Å². The van der Waals surface area contributed by atoms with Gasteiger partial charge in [-0.15, -0.1) is 0 Å². The molecule has 0 aliphatic rings. The number of unbranched alkanes of at least 4 members (excludes halogenated alkanes) is 14. The summed E-state index contributed by atoms with van der Waals surface area (Å²) in [6, 6.07) is 0. The van der Waals surface area contributed by atoms with Crippen molar-refractivity contribution < 1.29 is 0 Å². The van der Waals surface area contributed by atoms with E-state index in [1.807, 2.05) is 0 Å². The fraction of sp³-hybridized carbons (Fsp3) is 0.878. The lowest BCUT2D eigenvalue weighted by Crippen LogP contribution is -2.13. The molecule has 1 heteroatoms. The number of rotatable bonds is 40. The van der Waals surface area contributed by atoms with Crippen LogP contribution < -0.4 is 0 Å².